The topological polar surface area (TPSA) is 69.4 Å². The smallest absolute Gasteiger partial charge is 0.309 e. The average molecular weight is 602 g/mol. The first-order valence-corrected chi connectivity index (χ1v) is 17.8. The second-order valence-electron chi connectivity index (χ2n) is 17.3. The Labute approximate surface area is 267 Å². The highest BCUT2D eigenvalue weighted by atomic mass is 16.5. The number of nitrogens with two attached hydrogens (primary N) is 1. The molecule has 8 atom stereocenters. The summed E-state index contributed by atoms with van der Waals surface area (Å²) in [5.41, 5.74) is 12.4. The molecule has 0 radical (unpaired) electrons. The number of allylic oxidation sites excluding steroid dienone is 6. The monoisotopic (exact) mass is 601 g/mol. The Morgan fingerprint density at radius 2 is 1.77 bits per heavy atom. The molecule has 2 N–H and O–H groups in total. The first-order valence-electron chi connectivity index (χ1n) is 17.8. The van der Waals surface area contributed by atoms with E-state index in [2.05, 4.69) is 73.3 Å². The molecule has 0 aliphatic heterocycles. The number of ether oxygens (including phenoxy) is 1. The number of rotatable bonds is 5. The molecule has 0 aromatic carbocycles. The Kier molecular flexibility index (Phi) is 7.48. The molecule has 1 unspecified atom stereocenters. The van der Waals surface area contributed by atoms with Gasteiger partial charge in [-0.25, -0.2) is 0 Å². The number of fused-ring (bicyclic) bond motifs is 7. The lowest BCUT2D eigenvalue weighted by atomic mass is 9.28. The Bertz CT molecular complexity index is 1360. The van der Waals surface area contributed by atoms with Gasteiger partial charge in [-0.3, -0.25) is 9.59 Å². The fourth-order valence-electron chi connectivity index (χ4n) is 12.9. The van der Waals surface area contributed by atoms with E-state index in [1.165, 1.54) is 29.6 Å². The summed E-state index contributed by atoms with van der Waals surface area (Å²) < 4.78 is 5.35. The average Bonchev–Trinajstić information content (AvgIpc) is 3.24. The molecule has 44 heavy (non-hydrogen) atoms. The van der Waals surface area contributed by atoms with E-state index in [0.717, 1.165) is 56.9 Å². The van der Waals surface area contributed by atoms with Crippen LogP contribution in [0.5, 0.6) is 0 Å². The van der Waals surface area contributed by atoms with E-state index in [4.69, 9.17) is 10.5 Å². The standard InChI is InChI=1S/C40H59NO3/c1-10-40-21-17-29-33-32(25(3)4)30(42)24-39(33,41)23-22-36(29,7)38(40,9)20-18-31-35(5,6)28(16-19-37(31,40)8)26-12-14-27(15-13-26)34(43)44-11-2/h10,12,16,25,27,29,31H,1,11,13-15,17-24,41H2,2-9H3/t27?,29-,31+,36-,37+,38+,39-,40-/m1/s1. The SMILES string of the molecule is C=C[C@]12CC[C@@H]3C4=C(C(C)C)C(=O)C[C@]4(N)CC[C@@]3(C)[C@]1(C)CC[C@H]1C(C)(C)C(C3=CCC(C(=O)OCC)CC3)=CC[C@@]12C. The van der Waals surface area contributed by atoms with Crippen molar-refractivity contribution in [1.29, 1.82) is 0 Å². The third kappa shape index (κ3) is 3.91. The number of carbonyl (C=O) groups is 2. The minimum atomic E-state index is -0.447. The van der Waals surface area contributed by atoms with Crippen molar-refractivity contribution in [2.45, 2.75) is 132 Å². The molecule has 242 valence electrons. The fourth-order valence-corrected chi connectivity index (χ4v) is 12.9. The Morgan fingerprint density at radius 3 is 2.39 bits per heavy atom. The number of esters is 1. The van der Waals surface area contributed by atoms with Crippen molar-refractivity contribution in [1.82, 2.24) is 0 Å². The highest BCUT2D eigenvalue weighted by molar-refractivity contribution is 6.01. The van der Waals surface area contributed by atoms with Gasteiger partial charge in [0.2, 0.25) is 0 Å². The van der Waals surface area contributed by atoms with Crippen LogP contribution >= 0.6 is 0 Å². The molecular formula is C40H59NO3. The number of hydrogen-bond donors (Lipinski definition) is 1. The van der Waals surface area contributed by atoms with E-state index in [9.17, 15) is 9.59 Å². The van der Waals surface area contributed by atoms with Gasteiger partial charge in [-0.15, -0.1) is 6.58 Å². The molecule has 4 nitrogen and oxygen atoms in total. The Balaban J connectivity index is 1.39. The van der Waals surface area contributed by atoms with Crippen LogP contribution < -0.4 is 5.73 Å². The Hall–Kier alpha value is -1.94. The minimum absolute atomic E-state index is 0.000809. The van der Waals surface area contributed by atoms with Crippen molar-refractivity contribution in [2.75, 3.05) is 6.61 Å². The molecule has 3 saturated carbocycles. The van der Waals surface area contributed by atoms with Gasteiger partial charge in [0.05, 0.1) is 12.5 Å². The molecule has 0 amide bonds. The summed E-state index contributed by atoms with van der Waals surface area (Å²) in [6, 6.07) is 0. The van der Waals surface area contributed by atoms with Gasteiger partial charge in [-0.2, -0.15) is 0 Å². The molecule has 0 aromatic heterocycles. The van der Waals surface area contributed by atoms with Crippen LogP contribution in [0.25, 0.3) is 0 Å². The van der Waals surface area contributed by atoms with E-state index in [1.807, 2.05) is 6.92 Å². The van der Waals surface area contributed by atoms with Crippen molar-refractivity contribution in [3.8, 4) is 0 Å². The van der Waals surface area contributed by atoms with Crippen LogP contribution in [-0.2, 0) is 14.3 Å². The number of Topliss-reactive ketones (excluding diaryl/α,β-unsaturated/α-hetero) is 1. The van der Waals surface area contributed by atoms with Gasteiger partial charge < -0.3 is 10.5 Å². The minimum Gasteiger partial charge on any atom is -0.466 e. The van der Waals surface area contributed by atoms with Gasteiger partial charge in [-0.1, -0.05) is 66.7 Å². The molecule has 6 aliphatic rings. The van der Waals surface area contributed by atoms with Crippen LogP contribution in [0.4, 0.5) is 0 Å². The van der Waals surface area contributed by atoms with Crippen LogP contribution in [0, 0.1) is 50.7 Å². The molecule has 3 fully saturated rings. The van der Waals surface area contributed by atoms with Crippen molar-refractivity contribution in [3.05, 3.63) is 47.1 Å². The summed E-state index contributed by atoms with van der Waals surface area (Å²) in [6.45, 7) is 24.2. The molecule has 0 spiro atoms. The Morgan fingerprint density at radius 1 is 1.05 bits per heavy atom. The van der Waals surface area contributed by atoms with Crippen LogP contribution in [0.3, 0.4) is 0 Å². The molecule has 0 bridgehead atoms. The van der Waals surface area contributed by atoms with E-state index in [1.54, 1.807) is 0 Å². The van der Waals surface area contributed by atoms with Crippen LogP contribution in [0.2, 0.25) is 0 Å². The van der Waals surface area contributed by atoms with E-state index < -0.39 is 5.54 Å². The molecule has 6 aliphatic carbocycles. The zero-order valence-electron chi connectivity index (χ0n) is 29.0. The summed E-state index contributed by atoms with van der Waals surface area (Å²) in [4.78, 5) is 25.9. The second kappa shape index (κ2) is 10.3. The molecule has 0 saturated heterocycles. The highest BCUT2D eigenvalue weighted by Crippen LogP contribution is 2.80. The van der Waals surface area contributed by atoms with Gasteiger partial charge in [0.15, 0.2) is 5.78 Å². The third-order valence-corrected chi connectivity index (χ3v) is 15.2. The zero-order valence-corrected chi connectivity index (χ0v) is 29.0. The number of ketones is 1. The lowest BCUT2D eigenvalue weighted by Crippen LogP contribution is -2.70. The lowest BCUT2D eigenvalue weighted by molar-refractivity contribution is -0.236. The summed E-state index contributed by atoms with van der Waals surface area (Å²) in [5.74, 6) is 1.40. The van der Waals surface area contributed by atoms with E-state index >= 15 is 0 Å². The summed E-state index contributed by atoms with van der Waals surface area (Å²) >= 11 is 0. The zero-order chi connectivity index (χ0) is 32.1. The molecule has 4 heteroatoms. The van der Waals surface area contributed by atoms with Gasteiger partial charge in [0.25, 0.3) is 0 Å². The molecule has 6 rings (SSSR count). The van der Waals surface area contributed by atoms with Gasteiger partial charge in [-0.05, 0) is 138 Å². The maximum atomic E-state index is 13.4. The summed E-state index contributed by atoms with van der Waals surface area (Å²) in [7, 11) is 0. The largest absolute Gasteiger partial charge is 0.466 e. The van der Waals surface area contributed by atoms with Gasteiger partial charge in [0.1, 0.15) is 0 Å². The van der Waals surface area contributed by atoms with Crippen molar-refractivity contribution in [3.63, 3.8) is 0 Å². The van der Waals surface area contributed by atoms with Crippen LogP contribution in [0.15, 0.2) is 47.1 Å². The molecular weight excluding hydrogens is 542 g/mol. The maximum absolute atomic E-state index is 13.4. The summed E-state index contributed by atoms with van der Waals surface area (Å²) in [6.07, 6.45) is 18.2. The third-order valence-electron chi connectivity index (χ3n) is 15.2. The van der Waals surface area contributed by atoms with Crippen molar-refractivity contribution < 1.29 is 14.3 Å². The highest BCUT2D eigenvalue weighted by Gasteiger charge is 2.74. The first-order chi connectivity index (χ1) is 20.6. The lowest BCUT2D eigenvalue weighted by Gasteiger charge is -2.76. The van der Waals surface area contributed by atoms with Gasteiger partial charge >= 0.3 is 5.97 Å². The predicted molar refractivity (Wildman–Crippen MR) is 179 cm³/mol. The van der Waals surface area contributed by atoms with E-state index in [-0.39, 0.29) is 44.9 Å². The van der Waals surface area contributed by atoms with Crippen LogP contribution in [-0.4, -0.2) is 23.9 Å². The fraction of sp³-hybridized carbons (Fsp3) is 0.750. The predicted octanol–water partition coefficient (Wildman–Crippen LogP) is 9.06. The van der Waals surface area contributed by atoms with Crippen LogP contribution in [0.1, 0.15) is 126 Å². The normalized spacial score (nSPS) is 44.6. The maximum Gasteiger partial charge on any atom is 0.309 e. The second-order valence-corrected chi connectivity index (χ2v) is 17.3. The van der Waals surface area contributed by atoms with Gasteiger partial charge in [0, 0.05) is 12.0 Å². The summed E-state index contributed by atoms with van der Waals surface area (Å²) in [5, 5.41) is 0. The molecule has 0 heterocycles. The number of hydrogen-bond acceptors (Lipinski definition) is 4. The first kappa shape index (κ1) is 32.0. The number of carbonyl (C=O) groups excluding carboxylic acids is 2. The van der Waals surface area contributed by atoms with Crippen molar-refractivity contribution in [2.24, 2.45) is 56.5 Å². The quantitative estimate of drug-likeness (QED) is 0.252. The molecule has 0 aromatic rings. The van der Waals surface area contributed by atoms with E-state index in [0.29, 0.717) is 30.6 Å². The van der Waals surface area contributed by atoms with Crippen molar-refractivity contribution >= 4 is 11.8 Å².